The van der Waals surface area contributed by atoms with Gasteiger partial charge in [0.05, 0.1) is 0 Å². The molecule has 1 saturated carbocycles. The van der Waals surface area contributed by atoms with E-state index < -0.39 is 0 Å². The molecule has 1 heterocycles. The van der Waals surface area contributed by atoms with E-state index in [2.05, 4.69) is 34.9 Å². The Kier molecular flexibility index (Phi) is 7.89. The van der Waals surface area contributed by atoms with Crippen molar-refractivity contribution in [1.82, 2.24) is 10.2 Å². The summed E-state index contributed by atoms with van der Waals surface area (Å²) in [5.41, 5.74) is 1.39. The van der Waals surface area contributed by atoms with Crippen molar-refractivity contribution in [3.63, 3.8) is 0 Å². The second-order valence-electron chi connectivity index (χ2n) is 8.33. The van der Waals surface area contributed by atoms with E-state index >= 15 is 0 Å². The van der Waals surface area contributed by atoms with Gasteiger partial charge in [0.1, 0.15) is 6.10 Å². The molecule has 0 aromatic heterocycles. The molecule has 3 amide bonds. The first-order valence-corrected chi connectivity index (χ1v) is 10.8. The van der Waals surface area contributed by atoms with Crippen LogP contribution in [0.25, 0.3) is 0 Å². The Labute approximate surface area is 173 Å². The third-order valence-corrected chi connectivity index (χ3v) is 5.96. The van der Waals surface area contributed by atoms with Crippen molar-refractivity contribution < 1.29 is 14.3 Å². The molecule has 2 fully saturated rings. The fraction of sp³-hybridized carbons (Fsp3) is 0.636. The van der Waals surface area contributed by atoms with Gasteiger partial charge in [0.15, 0.2) is 0 Å². The number of carbonyl (C=O) groups is 2. The molecule has 2 atom stereocenters. The minimum Gasteiger partial charge on any atom is -0.368 e. The molecular formula is C22H34N4O3. The van der Waals surface area contributed by atoms with Crippen molar-refractivity contribution in [3.8, 4) is 0 Å². The van der Waals surface area contributed by atoms with Crippen LogP contribution in [0.4, 0.5) is 16.2 Å². The van der Waals surface area contributed by atoms with Gasteiger partial charge in [0, 0.05) is 30.6 Å². The lowest BCUT2D eigenvalue weighted by Gasteiger charge is -2.34. The van der Waals surface area contributed by atoms with Gasteiger partial charge in [-0.15, -0.1) is 0 Å². The SMILES string of the molecule is CN(C)[C@@H](CNC(=O)Nc1ccc(NC(=O)[C@@H]2CCCO2)cc1)C1CCCCC1. The molecule has 29 heavy (non-hydrogen) atoms. The molecule has 0 spiro atoms. The van der Waals surface area contributed by atoms with Crippen molar-refractivity contribution in [2.75, 3.05) is 37.9 Å². The summed E-state index contributed by atoms with van der Waals surface area (Å²) in [6.07, 6.45) is 7.72. The van der Waals surface area contributed by atoms with E-state index in [1.54, 1.807) is 24.3 Å². The van der Waals surface area contributed by atoms with Crippen molar-refractivity contribution in [2.24, 2.45) is 5.92 Å². The van der Waals surface area contributed by atoms with Gasteiger partial charge >= 0.3 is 6.03 Å². The van der Waals surface area contributed by atoms with E-state index in [1.807, 2.05) is 0 Å². The molecule has 0 radical (unpaired) electrons. The van der Waals surface area contributed by atoms with Crippen LogP contribution in [0.1, 0.15) is 44.9 Å². The molecule has 160 valence electrons. The van der Waals surface area contributed by atoms with E-state index in [0.29, 0.717) is 36.5 Å². The summed E-state index contributed by atoms with van der Waals surface area (Å²) in [5.74, 6) is 0.532. The van der Waals surface area contributed by atoms with Crippen LogP contribution >= 0.6 is 0 Å². The average molecular weight is 403 g/mol. The van der Waals surface area contributed by atoms with Crippen LogP contribution in [0, 0.1) is 5.92 Å². The smallest absolute Gasteiger partial charge is 0.319 e. The molecular weight excluding hydrogens is 368 g/mol. The van der Waals surface area contributed by atoms with Crippen LogP contribution in [0.5, 0.6) is 0 Å². The maximum Gasteiger partial charge on any atom is 0.319 e. The molecule has 3 rings (SSSR count). The first kappa shape index (κ1) is 21.6. The Morgan fingerprint density at radius 3 is 2.24 bits per heavy atom. The van der Waals surface area contributed by atoms with Crippen LogP contribution in [0.3, 0.4) is 0 Å². The van der Waals surface area contributed by atoms with Crippen molar-refractivity contribution in [1.29, 1.82) is 0 Å². The summed E-state index contributed by atoms with van der Waals surface area (Å²) >= 11 is 0. The highest BCUT2D eigenvalue weighted by Crippen LogP contribution is 2.28. The Morgan fingerprint density at radius 2 is 1.66 bits per heavy atom. The number of amides is 3. The molecule has 1 aromatic rings. The summed E-state index contributed by atoms with van der Waals surface area (Å²) < 4.78 is 5.39. The van der Waals surface area contributed by atoms with Crippen LogP contribution < -0.4 is 16.0 Å². The highest BCUT2D eigenvalue weighted by Gasteiger charge is 2.26. The number of benzene rings is 1. The highest BCUT2D eigenvalue weighted by molar-refractivity contribution is 5.95. The van der Waals surface area contributed by atoms with Crippen molar-refractivity contribution in [2.45, 2.75) is 57.1 Å². The van der Waals surface area contributed by atoms with E-state index in [9.17, 15) is 9.59 Å². The minimum absolute atomic E-state index is 0.113. The Bertz CT molecular complexity index is 665. The van der Waals surface area contributed by atoms with Crippen molar-refractivity contribution in [3.05, 3.63) is 24.3 Å². The van der Waals surface area contributed by atoms with Crippen molar-refractivity contribution >= 4 is 23.3 Å². The molecule has 1 saturated heterocycles. The maximum atomic E-state index is 12.3. The number of ether oxygens (including phenoxy) is 1. The number of rotatable bonds is 7. The number of nitrogens with zero attached hydrogens (tertiary/aromatic N) is 1. The lowest BCUT2D eigenvalue weighted by molar-refractivity contribution is -0.124. The first-order chi connectivity index (χ1) is 14.0. The normalized spacial score (nSPS) is 21.0. The quantitative estimate of drug-likeness (QED) is 0.652. The van der Waals surface area contributed by atoms with Gasteiger partial charge in [-0.25, -0.2) is 4.79 Å². The molecule has 7 heteroatoms. The molecule has 0 unspecified atom stereocenters. The average Bonchev–Trinajstić information content (AvgIpc) is 3.25. The van der Waals surface area contributed by atoms with Gasteiger partial charge in [0.2, 0.25) is 0 Å². The number of urea groups is 1. The van der Waals surface area contributed by atoms with Crippen LogP contribution in [0.15, 0.2) is 24.3 Å². The number of hydrogen-bond acceptors (Lipinski definition) is 4. The van der Waals surface area contributed by atoms with E-state index in [4.69, 9.17) is 4.74 Å². The lowest BCUT2D eigenvalue weighted by atomic mass is 9.83. The Hall–Kier alpha value is -2.12. The predicted octanol–water partition coefficient (Wildman–Crippen LogP) is 3.44. The summed E-state index contributed by atoms with van der Waals surface area (Å²) in [4.78, 5) is 26.6. The third-order valence-electron chi connectivity index (χ3n) is 5.96. The zero-order valence-corrected chi connectivity index (χ0v) is 17.6. The molecule has 0 bridgehead atoms. The Morgan fingerprint density at radius 1 is 1.00 bits per heavy atom. The molecule has 7 nitrogen and oxygen atoms in total. The zero-order valence-electron chi connectivity index (χ0n) is 17.6. The van der Waals surface area contributed by atoms with Gasteiger partial charge in [-0.1, -0.05) is 19.3 Å². The number of carbonyl (C=O) groups excluding carboxylic acids is 2. The monoisotopic (exact) mass is 402 g/mol. The summed E-state index contributed by atoms with van der Waals surface area (Å²) in [6.45, 7) is 1.28. The largest absolute Gasteiger partial charge is 0.368 e. The summed E-state index contributed by atoms with van der Waals surface area (Å²) in [5, 5.41) is 8.74. The standard InChI is InChI=1S/C22H34N4O3/c1-26(2)19(16-7-4-3-5-8-16)15-23-22(28)25-18-12-10-17(11-13-18)24-21(27)20-9-6-14-29-20/h10-13,16,19-20H,3-9,14-15H2,1-2H3,(H,24,27)(H2,23,25,28)/t19-,20-/m0/s1. The summed E-state index contributed by atoms with van der Waals surface area (Å²) in [7, 11) is 4.17. The van der Waals surface area contributed by atoms with Gasteiger partial charge < -0.3 is 25.6 Å². The number of hydrogen-bond donors (Lipinski definition) is 3. The molecule has 2 aliphatic rings. The second-order valence-corrected chi connectivity index (χ2v) is 8.33. The van der Waals surface area contributed by atoms with Gasteiger partial charge in [-0.2, -0.15) is 0 Å². The zero-order chi connectivity index (χ0) is 20.6. The molecule has 3 N–H and O–H groups in total. The number of likely N-dealkylation sites (N-methyl/N-ethyl adjacent to an activating group) is 1. The third kappa shape index (κ3) is 6.44. The van der Waals surface area contributed by atoms with E-state index in [0.717, 1.165) is 12.8 Å². The minimum atomic E-state index is -0.354. The number of nitrogens with one attached hydrogen (secondary N) is 3. The molecule has 1 aliphatic carbocycles. The maximum absolute atomic E-state index is 12.3. The molecule has 1 aliphatic heterocycles. The van der Waals surface area contributed by atoms with E-state index in [-0.39, 0.29) is 18.0 Å². The first-order valence-electron chi connectivity index (χ1n) is 10.8. The van der Waals surface area contributed by atoms with E-state index in [1.165, 1.54) is 32.1 Å². The van der Waals surface area contributed by atoms with Gasteiger partial charge in [-0.3, -0.25) is 4.79 Å². The Balaban J connectivity index is 1.45. The van der Waals surface area contributed by atoms with Crippen LogP contribution in [-0.2, 0) is 9.53 Å². The predicted molar refractivity (Wildman–Crippen MR) is 115 cm³/mol. The van der Waals surface area contributed by atoms with Gasteiger partial charge in [-0.05, 0) is 70.0 Å². The number of anilines is 2. The second kappa shape index (κ2) is 10.6. The fourth-order valence-corrected chi connectivity index (χ4v) is 4.31. The summed E-state index contributed by atoms with van der Waals surface area (Å²) in [6, 6.07) is 7.30. The topological polar surface area (TPSA) is 82.7 Å². The highest BCUT2D eigenvalue weighted by atomic mass is 16.5. The lowest BCUT2D eigenvalue weighted by Crippen LogP contribution is -2.46. The fourth-order valence-electron chi connectivity index (χ4n) is 4.31. The molecule has 1 aromatic carbocycles. The van der Waals surface area contributed by atoms with Gasteiger partial charge in [0.25, 0.3) is 5.91 Å². The van der Waals surface area contributed by atoms with Crippen LogP contribution in [0.2, 0.25) is 0 Å². The van der Waals surface area contributed by atoms with Crippen LogP contribution in [-0.4, -0.2) is 56.2 Å².